The Morgan fingerprint density at radius 3 is 2.34 bits per heavy atom. The second-order valence-electron chi connectivity index (χ2n) is 6.51. The lowest BCUT2D eigenvalue weighted by atomic mass is 10.1. The van der Waals surface area contributed by atoms with Crippen LogP contribution in [-0.4, -0.2) is 43.0 Å². The summed E-state index contributed by atoms with van der Waals surface area (Å²) in [7, 11) is 0. The standard InChI is InChI=1S/C20H23ClO8/c1-6-25-15-10-12(8-13-18(23)28-20(4,5)29-19(13)24)9-14(21)16(15)27-11(3)17(22)26-7-2/h8-11H,6-7H2,1-5H3. The van der Waals surface area contributed by atoms with Crippen LogP contribution in [0.5, 0.6) is 11.5 Å². The Kier molecular flexibility index (Phi) is 7.13. The van der Waals surface area contributed by atoms with Gasteiger partial charge in [0.25, 0.3) is 5.79 Å². The first-order chi connectivity index (χ1) is 13.6. The number of ether oxygens (including phenoxy) is 5. The predicted molar refractivity (Wildman–Crippen MR) is 104 cm³/mol. The van der Waals surface area contributed by atoms with Gasteiger partial charge in [-0.25, -0.2) is 14.4 Å². The van der Waals surface area contributed by atoms with Gasteiger partial charge in [0.2, 0.25) is 0 Å². The van der Waals surface area contributed by atoms with Gasteiger partial charge >= 0.3 is 17.9 Å². The van der Waals surface area contributed by atoms with Crippen LogP contribution in [0.25, 0.3) is 6.08 Å². The molecule has 0 aromatic heterocycles. The van der Waals surface area contributed by atoms with Crippen molar-refractivity contribution in [3.63, 3.8) is 0 Å². The highest BCUT2D eigenvalue weighted by Gasteiger charge is 2.39. The molecule has 29 heavy (non-hydrogen) atoms. The largest absolute Gasteiger partial charge is 0.490 e. The van der Waals surface area contributed by atoms with Crippen LogP contribution < -0.4 is 9.47 Å². The SMILES string of the molecule is CCOC(=O)C(C)Oc1c(Cl)cc(C=C2C(=O)OC(C)(C)OC2=O)cc1OCC. The maximum Gasteiger partial charge on any atom is 0.348 e. The molecule has 1 heterocycles. The van der Waals surface area contributed by atoms with Crippen LogP contribution in [0.2, 0.25) is 5.02 Å². The number of benzene rings is 1. The smallest absolute Gasteiger partial charge is 0.348 e. The summed E-state index contributed by atoms with van der Waals surface area (Å²) in [5.74, 6) is -3.12. The summed E-state index contributed by atoms with van der Waals surface area (Å²) in [5.41, 5.74) is 0.106. The molecule has 158 valence electrons. The van der Waals surface area contributed by atoms with Gasteiger partial charge in [0.1, 0.15) is 5.57 Å². The summed E-state index contributed by atoms with van der Waals surface area (Å²) < 4.78 is 26.2. The molecule has 8 nitrogen and oxygen atoms in total. The number of carbonyl (C=O) groups excluding carboxylic acids is 3. The highest BCUT2D eigenvalue weighted by atomic mass is 35.5. The maximum absolute atomic E-state index is 12.1. The van der Waals surface area contributed by atoms with Gasteiger partial charge in [0, 0.05) is 13.8 Å². The number of hydrogen-bond donors (Lipinski definition) is 0. The first-order valence-corrected chi connectivity index (χ1v) is 9.43. The van der Waals surface area contributed by atoms with Crippen LogP contribution in [0, 0.1) is 0 Å². The van der Waals surface area contributed by atoms with Crippen LogP contribution in [0.4, 0.5) is 0 Å². The van der Waals surface area contributed by atoms with E-state index in [0.29, 0.717) is 12.2 Å². The van der Waals surface area contributed by atoms with Crippen LogP contribution >= 0.6 is 11.6 Å². The molecule has 0 radical (unpaired) electrons. The minimum Gasteiger partial charge on any atom is -0.490 e. The lowest BCUT2D eigenvalue weighted by molar-refractivity contribution is -0.222. The van der Waals surface area contributed by atoms with Crippen LogP contribution in [0.15, 0.2) is 17.7 Å². The maximum atomic E-state index is 12.1. The Bertz CT molecular complexity index is 821. The van der Waals surface area contributed by atoms with Crippen molar-refractivity contribution in [2.24, 2.45) is 0 Å². The topological polar surface area (TPSA) is 97.4 Å². The zero-order chi connectivity index (χ0) is 21.8. The van der Waals surface area contributed by atoms with E-state index >= 15 is 0 Å². The highest BCUT2D eigenvalue weighted by Crippen LogP contribution is 2.38. The third-order valence-electron chi connectivity index (χ3n) is 3.67. The highest BCUT2D eigenvalue weighted by molar-refractivity contribution is 6.32. The lowest BCUT2D eigenvalue weighted by Crippen LogP contribution is -2.41. The molecule has 0 bridgehead atoms. The van der Waals surface area contributed by atoms with Gasteiger partial charge in [-0.05, 0) is 44.5 Å². The summed E-state index contributed by atoms with van der Waals surface area (Å²) in [4.78, 5) is 36.1. The third kappa shape index (κ3) is 5.63. The third-order valence-corrected chi connectivity index (χ3v) is 3.95. The summed E-state index contributed by atoms with van der Waals surface area (Å²) in [6.45, 7) is 8.40. The monoisotopic (exact) mass is 426 g/mol. The van der Waals surface area contributed by atoms with Crippen molar-refractivity contribution in [1.82, 2.24) is 0 Å². The molecule has 1 atom stereocenters. The fourth-order valence-corrected chi connectivity index (χ4v) is 2.74. The summed E-state index contributed by atoms with van der Waals surface area (Å²) in [5, 5.41) is 0.122. The van der Waals surface area contributed by atoms with Gasteiger partial charge in [0.15, 0.2) is 17.6 Å². The zero-order valence-corrected chi connectivity index (χ0v) is 17.6. The number of carbonyl (C=O) groups is 3. The lowest BCUT2D eigenvalue weighted by Gasteiger charge is -2.29. The molecular formula is C20H23ClO8. The minimum atomic E-state index is -1.33. The van der Waals surface area contributed by atoms with E-state index in [-0.39, 0.29) is 28.7 Å². The molecule has 1 saturated heterocycles. The van der Waals surface area contributed by atoms with Crippen molar-refractivity contribution in [3.8, 4) is 11.5 Å². The molecule has 1 fully saturated rings. The molecule has 2 rings (SSSR count). The fraction of sp³-hybridized carbons (Fsp3) is 0.450. The van der Waals surface area contributed by atoms with E-state index in [1.807, 2.05) is 0 Å². The quantitative estimate of drug-likeness (QED) is 0.372. The first kappa shape index (κ1) is 22.5. The number of halogens is 1. The van der Waals surface area contributed by atoms with E-state index in [9.17, 15) is 14.4 Å². The van der Waals surface area contributed by atoms with Crippen molar-refractivity contribution < 1.29 is 38.1 Å². The van der Waals surface area contributed by atoms with Gasteiger partial charge in [-0.15, -0.1) is 0 Å². The van der Waals surface area contributed by atoms with Crippen molar-refractivity contribution in [1.29, 1.82) is 0 Å². The summed E-state index contributed by atoms with van der Waals surface area (Å²) in [6, 6.07) is 2.99. The molecule has 1 aromatic carbocycles. The average molecular weight is 427 g/mol. The van der Waals surface area contributed by atoms with Crippen LogP contribution in [0.1, 0.15) is 40.2 Å². The number of cyclic esters (lactones) is 2. The average Bonchev–Trinajstić information content (AvgIpc) is 2.60. The van der Waals surface area contributed by atoms with E-state index in [2.05, 4.69) is 0 Å². The summed E-state index contributed by atoms with van der Waals surface area (Å²) >= 11 is 6.31. The molecule has 0 saturated carbocycles. The van der Waals surface area contributed by atoms with Crippen LogP contribution in [0.3, 0.4) is 0 Å². The molecule has 1 aromatic rings. The molecule has 1 unspecified atom stereocenters. The molecule has 0 amide bonds. The van der Waals surface area contributed by atoms with E-state index < -0.39 is 29.8 Å². The van der Waals surface area contributed by atoms with Crippen molar-refractivity contribution >= 4 is 35.6 Å². The molecule has 0 spiro atoms. The van der Waals surface area contributed by atoms with Crippen molar-refractivity contribution in [2.45, 2.75) is 46.5 Å². The number of rotatable bonds is 7. The Hall–Kier alpha value is -2.74. The zero-order valence-electron chi connectivity index (χ0n) is 16.9. The second kappa shape index (κ2) is 9.17. The minimum absolute atomic E-state index is 0.122. The molecular weight excluding hydrogens is 404 g/mol. The van der Waals surface area contributed by atoms with Gasteiger partial charge in [-0.1, -0.05) is 11.6 Å². The van der Waals surface area contributed by atoms with Gasteiger partial charge in [-0.3, -0.25) is 0 Å². The molecule has 0 aliphatic carbocycles. The second-order valence-corrected chi connectivity index (χ2v) is 6.92. The normalized spacial score (nSPS) is 16.4. The fourth-order valence-electron chi connectivity index (χ4n) is 2.48. The van der Waals surface area contributed by atoms with E-state index in [4.69, 9.17) is 35.3 Å². The van der Waals surface area contributed by atoms with Gasteiger partial charge < -0.3 is 23.7 Å². The van der Waals surface area contributed by atoms with Gasteiger partial charge in [0.05, 0.1) is 18.2 Å². The first-order valence-electron chi connectivity index (χ1n) is 9.06. The van der Waals surface area contributed by atoms with E-state index in [1.165, 1.54) is 39.0 Å². The molecule has 0 N–H and O–H groups in total. The van der Waals surface area contributed by atoms with Crippen molar-refractivity contribution in [3.05, 3.63) is 28.3 Å². The Morgan fingerprint density at radius 2 is 1.79 bits per heavy atom. The molecule has 9 heteroatoms. The molecule has 1 aliphatic heterocycles. The number of esters is 3. The van der Waals surface area contributed by atoms with E-state index in [1.54, 1.807) is 13.8 Å². The van der Waals surface area contributed by atoms with Crippen LogP contribution in [-0.2, 0) is 28.6 Å². The predicted octanol–water partition coefficient (Wildman–Crippen LogP) is 3.29. The Labute approximate surface area is 173 Å². The van der Waals surface area contributed by atoms with Gasteiger partial charge in [-0.2, -0.15) is 0 Å². The molecule has 1 aliphatic rings. The Morgan fingerprint density at radius 1 is 1.17 bits per heavy atom. The summed E-state index contributed by atoms with van der Waals surface area (Å²) in [6.07, 6.45) is 0.369. The number of hydrogen-bond acceptors (Lipinski definition) is 8. The van der Waals surface area contributed by atoms with Crippen molar-refractivity contribution in [2.75, 3.05) is 13.2 Å². The Balaban J connectivity index is 2.37. The van der Waals surface area contributed by atoms with E-state index in [0.717, 1.165) is 0 Å².